The van der Waals surface area contributed by atoms with Crippen LogP contribution in [0.1, 0.15) is 34.7 Å². The van der Waals surface area contributed by atoms with Crippen molar-refractivity contribution in [1.82, 2.24) is 9.55 Å². The van der Waals surface area contributed by atoms with E-state index in [4.69, 9.17) is 5.41 Å². The van der Waals surface area contributed by atoms with Crippen LogP contribution in [0, 0.1) is 19.3 Å². The van der Waals surface area contributed by atoms with Crippen molar-refractivity contribution in [2.24, 2.45) is 0 Å². The van der Waals surface area contributed by atoms with Gasteiger partial charge >= 0.3 is 0 Å². The Morgan fingerprint density at radius 1 is 0.842 bits per heavy atom. The third kappa shape index (κ3) is 3.79. The highest BCUT2D eigenvalue weighted by molar-refractivity contribution is 6.03. The first-order chi connectivity index (χ1) is 18.2. The molecule has 0 aliphatic heterocycles. The molecule has 188 valence electrons. The Bertz CT molecular complexity index is 2080. The second-order valence-corrected chi connectivity index (χ2v) is 10.2. The Morgan fingerprint density at radius 3 is 2.24 bits per heavy atom. The van der Waals surface area contributed by atoms with Crippen molar-refractivity contribution >= 4 is 49.4 Å². The number of aryl methyl sites for hydroxylation is 3. The summed E-state index contributed by atoms with van der Waals surface area (Å²) in [6.07, 6.45) is 0.831. The number of hydrogen-bond donors (Lipinski definition) is 3. The lowest BCUT2D eigenvalue weighted by Crippen LogP contribution is -2.14. The molecule has 2 aromatic heterocycles. The van der Waals surface area contributed by atoms with Crippen molar-refractivity contribution in [2.45, 2.75) is 33.7 Å². The molecule has 6 rings (SSSR count). The van der Waals surface area contributed by atoms with E-state index in [-0.39, 0.29) is 11.2 Å². The van der Waals surface area contributed by atoms with Gasteiger partial charge in [0.25, 0.3) is 0 Å². The predicted molar refractivity (Wildman–Crippen MR) is 157 cm³/mol. The fourth-order valence-electron chi connectivity index (χ4n) is 5.49. The number of benzene rings is 4. The SMILES string of the molecule is C=C(O)c1cc(CC)cc(Cn2c3ccc(C)cc3c(=N)c3cc4[nH]c5ccc(C)cc5c(=O)c4cc32)c1. The van der Waals surface area contributed by atoms with Gasteiger partial charge in [-0.3, -0.25) is 10.2 Å². The maximum absolute atomic E-state index is 13.6. The van der Waals surface area contributed by atoms with Crippen LogP contribution < -0.4 is 10.8 Å². The molecular formula is C33H29N3O2. The molecule has 0 bridgehead atoms. The molecule has 0 unspecified atom stereocenters. The minimum atomic E-state index is -0.0201. The number of pyridine rings is 2. The van der Waals surface area contributed by atoms with Gasteiger partial charge in [0.05, 0.1) is 21.9 Å². The van der Waals surface area contributed by atoms with E-state index in [1.54, 1.807) is 0 Å². The second kappa shape index (κ2) is 8.73. The monoisotopic (exact) mass is 499 g/mol. The number of aliphatic hydroxyl groups is 1. The van der Waals surface area contributed by atoms with Crippen molar-refractivity contribution in [1.29, 1.82) is 5.41 Å². The highest BCUT2D eigenvalue weighted by Gasteiger charge is 2.15. The van der Waals surface area contributed by atoms with Gasteiger partial charge in [-0.05, 0) is 79.9 Å². The molecule has 0 radical (unpaired) electrons. The first-order valence-corrected chi connectivity index (χ1v) is 12.8. The molecule has 5 nitrogen and oxygen atoms in total. The maximum atomic E-state index is 13.6. The van der Waals surface area contributed by atoms with E-state index in [1.807, 2.05) is 62.4 Å². The van der Waals surface area contributed by atoms with Crippen molar-refractivity contribution in [2.75, 3.05) is 0 Å². The van der Waals surface area contributed by atoms with Gasteiger partial charge in [0.2, 0.25) is 0 Å². The Labute approximate surface area is 219 Å². The van der Waals surface area contributed by atoms with Crippen molar-refractivity contribution in [3.8, 4) is 0 Å². The van der Waals surface area contributed by atoms with Gasteiger partial charge < -0.3 is 14.7 Å². The maximum Gasteiger partial charge on any atom is 0.197 e. The van der Waals surface area contributed by atoms with Gasteiger partial charge in [-0.25, -0.2) is 0 Å². The van der Waals surface area contributed by atoms with Gasteiger partial charge in [0.15, 0.2) is 5.43 Å². The molecule has 3 N–H and O–H groups in total. The minimum Gasteiger partial charge on any atom is -0.508 e. The van der Waals surface area contributed by atoms with E-state index >= 15 is 0 Å². The van der Waals surface area contributed by atoms with Crippen molar-refractivity contribution < 1.29 is 5.11 Å². The first-order valence-electron chi connectivity index (χ1n) is 12.8. The minimum absolute atomic E-state index is 0.0201. The molecule has 0 saturated heterocycles. The number of H-pyrrole nitrogens is 1. The molecule has 0 spiro atoms. The summed E-state index contributed by atoms with van der Waals surface area (Å²) < 4.78 is 2.18. The molecule has 0 aliphatic carbocycles. The topological polar surface area (TPSA) is 81.9 Å². The van der Waals surface area contributed by atoms with Gasteiger partial charge in [-0.2, -0.15) is 0 Å². The van der Waals surface area contributed by atoms with Gasteiger partial charge in [0, 0.05) is 39.2 Å². The number of rotatable bonds is 4. The van der Waals surface area contributed by atoms with Crippen LogP contribution >= 0.6 is 0 Å². The van der Waals surface area contributed by atoms with Crippen LogP contribution in [-0.4, -0.2) is 14.7 Å². The van der Waals surface area contributed by atoms with Gasteiger partial charge in [-0.1, -0.05) is 42.8 Å². The number of nitrogens with zero attached hydrogens (tertiary/aromatic N) is 1. The van der Waals surface area contributed by atoms with E-state index in [0.717, 1.165) is 61.5 Å². The van der Waals surface area contributed by atoms with Crippen LogP contribution in [0.15, 0.2) is 78.1 Å². The van der Waals surface area contributed by atoms with E-state index in [2.05, 4.69) is 41.3 Å². The summed E-state index contributed by atoms with van der Waals surface area (Å²) in [5, 5.41) is 22.6. The normalized spacial score (nSPS) is 11.7. The highest BCUT2D eigenvalue weighted by Crippen LogP contribution is 2.27. The summed E-state index contributed by atoms with van der Waals surface area (Å²) in [6, 6.07) is 21.9. The zero-order chi connectivity index (χ0) is 26.7. The van der Waals surface area contributed by atoms with Crippen LogP contribution in [0.5, 0.6) is 0 Å². The standard InChI is InChI=1S/C33H29N3O2/c1-5-21-12-22(14-23(13-21)20(4)37)17-36-30-9-7-19(3)11-26(30)32(34)27-15-29-25(16-31(27)36)33(38)24-10-18(2)6-8-28(24)35-29/h6-16,34,37H,4-5,17H2,1-3H3,(H,35,38). The fourth-order valence-corrected chi connectivity index (χ4v) is 5.49. The number of fused-ring (bicyclic) bond motifs is 4. The summed E-state index contributed by atoms with van der Waals surface area (Å²) in [5.74, 6) is 0.0399. The highest BCUT2D eigenvalue weighted by atomic mass is 16.3. The fraction of sp³-hybridized carbons (Fsp3) is 0.152. The zero-order valence-electron chi connectivity index (χ0n) is 21.8. The Hall–Kier alpha value is -4.64. The molecule has 0 aliphatic rings. The number of nitrogens with one attached hydrogen (secondary N) is 2. The lowest BCUT2D eigenvalue weighted by atomic mass is 10.0. The molecule has 4 aromatic carbocycles. The summed E-state index contributed by atoms with van der Waals surface area (Å²) in [7, 11) is 0. The van der Waals surface area contributed by atoms with Crippen LogP contribution in [0.25, 0.3) is 49.4 Å². The van der Waals surface area contributed by atoms with Gasteiger partial charge in [-0.15, -0.1) is 0 Å². The number of aromatic amines is 1. The largest absolute Gasteiger partial charge is 0.508 e. The van der Waals surface area contributed by atoms with Crippen LogP contribution in [0.2, 0.25) is 0 Å². The molecule has 0 fully saturated rings. The van der Waals surface area contributed by atoms with Crippen LogP contribution in [0.4, 0.5) is 0 Å². The zero-order valence-corrected chi connectivity index (χ0v) is 21.8. The van der Waals surface area contributed by atoms with E-state index < -0.39 is 0 Å². The lowest BCUT2D eigenvalue weighted by Gasteiger charge is -2.18. The lowest BCUT2D eigenvalue weighted by molar-refractivity contribution is 0.513. The molecule has 38 heavy (non-hydrogen) atoms. The quantitative estimate of drug-likeness (QED) is 0.180. The Balaban J connectivity index is 1.73. The average molecular weight is 500 g/mol. The second-order valence-electron chi connectivity index (χ2n) is 10.2. The average Bonchev–Trinajstić information content (AvgIpc) is 2.90. The first kappa shape index (κ1) is 23.7. The predicted octanol–water partition coefficient (Wildman–Crippen LogP) is 7.02. The molecule has 5 heteroatoms. The molecule has 0 amide bonds. The number of hydrogen-bond acceptors (Lipinski definition) is 3. The molecular weight excluding hydrogens is 470 g/mol. The molecule has 2 heterocycles. The van der Waals surface area contributed by atoms with Crippen molar-refractivity contribution in [3.63, 3.8) is 0 Å². The van der Waals surface area contributed by atoms with Gasteiger partial charge in [0.1, 0.15) is 5.76 Å². The number of aliphatic hydroxyl groups excluding tert-OH is 1. The number of aromatic nitrogens is 2. The smallest absolute Gasteiger partial charge is 0.197 e. The third-order valence-corrected chi connectivity index (χ3v) is 7.48. The molecule has 0 atom stereocenters. The third-order valence-electron chi connectivity index (χ3n) is 7.48. The summed E-state index contributed by atoms with van der Waals surface area (Å²) in [6.45, 7) is 10.3. The summed E-state index contributed by atoms with van der Waals surface area (Å²) in [4.78, 5) is 17.1. The Kier molecular flexibility index (Phi) is 5.46. The summed E-state index contributed by atoms with van der Waals surface area (Å²) in [5.41, 5.74) is 8.17. The van der Waals surface area contributed by atoms with Crippen LogP contribution in [-0.2, 0) is 13.0 Å². The summed E-state index contributed by atoms with van der Waals surface area (Å²) >= 11 is 0. The van der Waals surface area contributed by atoms with Crippen molar-refractivity contribution in [3.05, 3.63) is 117 Å². The van der Waals surface area contributed by atoms with E-state index in [0.29, 0.717) is 28.2 Å². The van der Waals surface area contributed by atoms with E-state index in [1.165, 1.54) is 0 Å². The van der Waals surface area contributed by atoms with Crippen LogP contribution in [0.3, 0.4) is 0 Å². The molecule has 0 saturated carbocycles. The Morgan fingerprint density at radius 2 is 1.50 bits per heavy atom. The molecule has 6 aromatic rings. The van der Waals surface area contributed by atoms with E-state index in [9.17, 15) is 9.90 Å².